The molecule has 0 amide bonds. The molecule has 11 heavy (non-hydrogen) atoms. The molecule has 1 aliphatic rings. The van der Waals surface area contributed by atoms with Gasteiger partial charge in [-0.1, -0.05) is 0 Å². The molecule has 1 N–H and O–H groups in total. The molecule has 1 unspecified atom stereocenters. The summed E-state index contributed by atoms with van der Waals surface area (Å²) in [4.78, 5) is 0. The van der Waals surface area contributed by atoms with Crippen LogP contribution in [0.3, 0.4) is 0 Å². The highest BCUT2D eigenvalue weighted by molar-refractivity contribution is 5.85. The summed E-state index contributed by atoms with van der Waals surface area (Å²) in [7, 11) is 1.73. The van der Waals surface area contributed by atoms with Gasteiger partial charge in [0.1, 0.15) is 0 Å². The summed E-state index contributed by atoms with van der Waals surface area (Å²) in [6.45, 7) is 4.46. The zero-order valence-electron chi connectivity index (χ0n) is 6.84. The van der Waals surface area contributed by atoms with Gasteiger partial charge in [0.25, 0.3) is 0 Å². The minimum Gasteiger partial charge on any atom is -0.384 e. The van der Waals surface area contributed by atoms with Crippen LogP contribution in [-0.4, -0.2) is 40.0 Å². The Bertz CT molecular complexity index is 84.5. The zero-order valence-corrected chi connectivity index (χ0v) is 7.65. The van der Waals surface area contributed by atoms with Gasteiger partial charge >= 0.3 is 0 Å². The summed E-state index contributed by atoms with van der Waals surface area (Å²) >= 11 is 0. The lowest BCUT2D eigenvalue weighted by Gasteiger charge is -2.10. The molecule has 0 aromatic carbocycles. The third kappa shape index (κ3) is 4.58. The quantitative estimate of drug-likeness (QED) is 0.665. The summed E-state index contributed by atoms with van der Waals surface area (Å²) in [6.07, 6.45) is 0. The summed E-state index contributed by atoms with van der Waals surface area (Å²) in [5, 5.41) is 3.28. The van der Waals surface area contributed by atoms with Crippen molar-refractivity contribution in [1.82, 2.24) is 5.32 Å². The first kappa shape index (κ1) is 11.2. The fourth-order valence-corrected chi connectivity index (χ4v) is 1.10. The number of halogens is 1. The van der Waals surface area contributed by atoms with E-state index in [1.807, 2.05) is 0 Å². The van der Waals surface area contributed by atoms with E-state index in [0.717, 1.165) is 32.9 Å². The number of hydrogen-bond donors (Lipinski definition) is 1. The lowest BCUT2D eigenvalue weighted by Crippen LogP contribution is -2.25. The van der Waals surface area contributed by atoms with Crippen LogP contribution in [0.15, 0.2) is 0 Å². The van der Waals surface area contributed by atoms with Crippen molar-refractivity contribution in [3.8, 4) is 0 Å². The Morgan fingerprint density at radius 3 is 3.18 bits per heavy atom. The van der Waals surface area contributed by atoms with Crippen molar-refractivity contribution >= 4 is 12.4 Å². The topological polar surface area (TPSA) is 30.5 Å². The standard InChI is InChI=1S/C7H15NO2.ClH/c1-9-5-7-4-8-2-3-10-6-7;/h7-8H,2-6H2,1H3;1H. The average Bonchev–Trinajstić information content (AvgIpc) is 2.17. The van der Waals surface area contributed by atoms with Crippen molar-refractivity contribution in [3.05, 3.63) is 0 Å². The second-order valence-corrected chi connectivity index (χ2v) is 2.60. The molecule has 0 aromatic heterocycles. The highest BCUT2D eigenvalue weighted by atomic mass is 35.5. The first-order chi connectivity index (χ1) is 4.93. The van der Waals surface area contributed by atoms with Gasteiger partial charge in [-0.2, -0.15) is 0 Å². The Morgan fingerprint density at radius 2 is 2.45 bits per heavy atom. The van der Waals surface area contributed by atoms with Crippen LogP contribution in [0.4, 0.5) is 0 Å². The highest BCUT2D eigenvalue weighted by Gasteiger charge is 2.10. The van der Waals surface area contributed by atoms with Crippen LogP contribution in [0.5, 0.6) is 0 Å². The van der Waals surface area contributed by atoms with E-state index < -0.39 is 0 Å². The number of methoxy groups -OCH3 is 1. The van der Waals surface area contributed by atoms with E-state index in [-0.39, 0.29) is 12.4 Å². The maximum Gasteiger partial charge on any atom is 0.0591 e. The molecule has 0 saturated carbocycles. The smallest absolute Gasteiger partial charge is 0.0591 e. The maximum absolute atomic E-state index is 5.32. The van der Waals surface area contributed by atoms with E-state index in [9.17, 15) is 0 Å². The van der Waals surface area contributed by atoms with Crippen LogP contribution >= 0.6 is 12.4 Å². The molecule has 1 rings (SSSR count). The van der Waals surface area contributed by atoms with E-state index >= 15 is 0 Å². The molecule has 68 valence electrons. The summed E-state index contributed by atoms with van der Waals surface area (Å²) in [5.74, 6) is 0.535. The normalized spacial score (nSPS) is 25.4. The van der Waals surface area contributed by atoms with Crippen LogP contribution in [0.1, 0.15) is 0 Å². The Kier molecular flexibility index (Phi) is 6.96. The van der Waals surface area contributed by atoms with Crippen molar-refractivity contribution in [2.45, 2.75) is 0 Å². The number of rotatable bonds is 2. The molecule has 1 atom stereocenters. The second kappa shape index (κ2) is 6.85. The van der Waals surface area contributed by atoms with Crippen LogP contribution in [0.2, 0.25) is 0 Å². The Labute approximate surface area is 73.9 Å². The monoisotopic (exact) mass is 181 g/mol. The predicted molar refractivity (Wildman–Crippen MR) is 46.3 cm³/mol. The Hall–Kier alpha value is 0.170. The van der Waals surface area contributed by atoms with Gasteiger partial charge in [0, 0.05) is 26.1 Å². The predicted octanol–water partition coefficient (Wildman–Crippen LogP) is 0.291. The molecule has 1 heterocycles. The third-order valence-corrected chi connectivity index (χ3v) is 1.61. The molecular formula is C7H16ClNO2. The summed E-state index contributed by atoms with van der Waals surface area (Å²) < 4.78 is 10.3. The van der Waals surface area contributed by atoms with Crippen molar-refractivity contribution in [3.63, 3.8) is 0 Å². The maximum atomic E-state index is 5.32. The fourth-order valence-electron chi connectivity index (χ4n) is 1.10. The number of nitrogens with one attached hydrogen (secondary N) is 1. The van der Waals surface area contributed by atoms with Crippen molar-refractivity contribution in [1.29, 1.82) is 0 Å². The lowest BCUT2D eigenvalue weighted by atomic mass is 10.2. The van der Waals surface area contributed by atoms with E-state index in [1.54, 1.807) is 7.11 Å². The van der Waals surface area contributed by atoms with Gasteiger partial charge in [-0.15, -0.1) is 12.4 Å². The molecule has 1 saturated heterocycles. The first-order valence-electron chi connectivity index (χ1n) is 3.71. The SMILES string of the molecule is COCC1CNCCOC1.Cl. The second-order valence-electron chi connectivity index (χ2n) is 2.60. The van der Waals surface area contributed by atoms with Crippen LogP contribution in [0.25, 0.3) is 0 Å². The minimum atomic E-state index is 0. The summed E-state index contributed by atoms with van der Waals surface area (Å²) in [5.41, 5.74) is 0. The minimum absolute atomic E-state index is 0. The molecule has 0 bridgehead atoms. The van der Waals surface area contributed by atoms with Crippen molar-refractivity contribution in [2.75, 3.05) is 40.0 Å². The van der Waals surface area contributed by atoms with E-state index in [4.69, 9.17) is 9.47 Å². The molecule has 0 spiro atoms. The highest BCUT2D eigenvalue weighted by Crippen LogP contribution is 1.98. The van der Waals surface area contributed by atoms with E-state index in [0.29, 0.717) is 5.92 Å². The molecule has 0 aromatic rings. The average molecular weight is 182 g/mol. The molecule has 3 nitrogen and oxygen atoms in total. The van der Waals surface area contributed by atoms with E-state index in [2.05, 4.69) is 5.32 Å². The largest absolute Gasteiger partial charge is 0.384 e. The third-order valence-electron chi connectivity index (χ3n) is 1.61. The molecule has 1 aliphatic heterocycles. The molecular weight excluding hydrogens is 166 g/mol. The Morgan fingerprint density at radius 1 is 1.64 bits per heavy atom. The Balaban J connectivity index is 0.000001000. The molecule has 4 heteroatoms. The van der Waals surface area contributed by atoms with Gasteiger partial charge in [-0.3, -0.25) is 0 Å². The van der Waals surface area contributed by atoms with Gasteiger partial charge in [0.05, 0.1) is 19.8 Å². The van der Waals surface area contributed by atoms with Crippen molar-refractivity contribution in [2.24, 2.45) is 5.92 Å². The van der Waals surface area contributed by atoms with Crippen LogP contribution < -0.4 is 5.32 Å². The van der Waals surface area contributed by atoms with E-state index in [1.165, 1.54) is 0 Å². The van der Waals surface area contributed by atoms with Crippen molar-refractivity contribution < 1.29 is 9.47 Å². The number of hydrogen-bond acceptors (Lipinski definition) is 3. The first-order valence-corrected chi connectivity index (χ1v) is 3.71. The van der Waals surface area contributed by atoms with Gasteiger partial charge in [0.2, 0.25) is 0 Å². The van der Waals surface area contributed by atoms with Crippen LogP contribution in [-0.2, 0) is 9.47 Å². The number of ether oxygens (including phenoxy) is 2. The van der Waals surface area contributed by atoms with Crippen LogP contribution in [0, 0.1) is 5.92 Å². The molecule has 0 aliphatic carbocycles. The lowest BCUT2D eigenvalue weighted by molar-refractivity contribution is 0.0774. The zero-order chi connectivity index (χ0) is 7.23. The van der Waals surface area contributed by atoms with Gasteiger partial charge < -0.3 is 14.8 Å². The summed E-state index contributed by atoms with van der Waals surface area (Å²) in [6, 6.07) is 0. The van der Waals surface area contributed by atoms with Gasteiger partial charge in [0.15, 0.2) is 0 Å². The van der Waals surface area contributed by atoms with Gasteiger partial charge in [-0.05, 0) is 0 Å². The fraction of sp³-hybridized carbons (Fsp3) is 1.00. The molecule has 0 radical (unpaired) electrons. The van der Waals surface area contributed by atoms with Gasteiger partial charge in [-0.25, -0.2) is 0 Å². The molecule has 1 fully saturated rings.